The van der Waals surface area contributed by atoms with Crippen LogP contribution < -0.4 is 10.6 Å². The number of halogens is 1. The molecule has 1 aromatic rings. The Labute approximate surface area is 142 Å². The normalized spacial score (nSPS) is 18.4. The Morgan fingerprint density at radius 3 is 2.74 bits per heavy atom. The number of carbonyl (C=O) groups is 2. The van der Waals surface area contributed by atoms with Crippen molar-refractivity contribution in [2.24, 2.45) is 0 Å². The molecule has 23 heavy (non-hydrogen) atoms. The van der Waals surface area contributed by atoms with Crippen LogP contribution in [0, 0.1) is 0 Å². The highest BCUT2D eigenvalue weighted by Gasteiger charge is 2.25. The van der Waals surface area contributed by atoms with Gasteiger partial charge in [-0.1, -0.05) is 30.3 Å². The van der Waals surface area contributed by atoms with Crippen molar-refractivity contribution in [1.29, 1.82) is 0 Å². The van der Waals surface area contributed by atoms with Gasteiger partial charge in [-0.05, 0) is 12.0 Å². The summed E-state index contributed by atoms with van der Waals surface area (Å²) >= 11 is 0. The van der Waals surface area contributed by atoms with Crippen LogP contribution in [-0.2, 0) is 19.1 Å². The molecule has 0 aliphatic carbocycles. The molecule has 0 saturated carbocycles. The van der Waals surface area contributed by atoms with E-state index in [1.54, 1.807) is 0 Å². The van der Waals surface area contributed by atoms with E-state index < -0.39 is 6.10 Å². The van der Waals surface area contributed by atoms with Crippen molar-refractivity contribution < 1.29 is 19.1 Å². The van der Waals surface area contributed by atoms with Crippen LogP contribution in [0.15, 0.2) is 30.3 Å². The first-order valence-corrected chi connectivity index (χ1v) is 7.45. The summed E-state index contributed by atoms with van der Waals surface area (Å²) in [7, 11) is 1.36. The largest absolute Gasteiger partial charge is 0.469 e. The smallest absolute Gasteiger partial charge is 0.305 e. The van der Waals surface area contributed by atoms with Gasteiger partial charge >= 0.3 is 5.97 Å². The summed E-state index contributed by atoms with van der Waals surface area (Å²) in [6, 6.07) is 9.36. The number of nitrogens with one attached hydrogen (secondary N) is 2. The number of amides is 1. The summed E-state index contributed by atoms with van der Waals surface area (Å²) in [5.41, 5.74) is 0.962. The summed E-state index contributed by atoms with van der Waals surface area (Å²) < 4.78 is 10.1. The van der Waals surface area contributed by atoms with Crippen molar-refractivity contribution in [3.8, 4) is 0 Å². The monoisotopic (exact) mass is 342 g/mol. The Balaban J connectivity index is 0.00000264. The molecule has 1 saturated heterocycles. The summed E-state index contributed by atoms with van der Waals surface area (Å²) in [6.07, 6.45) is 0.251. The van der Waals surface area contributed by atoms with Crippen LogP contribution in [-0.4, -0.2) is 44.8 Å². The van der Waals surface area contributed by atoms with E-state index in [1.807, 2.05) is 30.3 Å². The molecule has 1 aliphatic rings. The van der Waals surface area contributed by atoms with Gasteiger partial charge in [0, 0.05) is 19.5 Å². The van der Waals surface area contributed by atoms with Gasteiger partial charge in [-0.15, -0.1) is 12.4 Å². The SMILES string of the molecule is COC(=O)CCC(NC(=O)C1CNCCO1)c1ccccc1.Cl. The second kappa shape index (κ2) is 10.2. The van der Waals surface area contributed by atoms with Crippen molar-refractivity contribution in [2.75, 3.05) is 26.8 Å². The van der Waals surface area contributed by atoms with Crippen LogP contribution in [0.25, 0.3) is 0 Å². The van der Waals surface area contributed by atoms with E-state index in [0.29, 0.717) is 19.6 Å². The van der Waals surface area contributed by atoms with Crippen LogP contribution >= 0.6 is 12.4 Å². The van der Waals surface area contributed by atoms with Crippen LogP contribution in [0.5, 0.6) is 0 Å². The first-order valence-electron chi connectivity index (χ1n) is 7.45. The van der Waals surface area contributed by atoms with Gasteiger partial charge in [0.1, 0.15) is 6.10 Å². The summed E-state index contributed by atoms with van der Waals surface area (Å²) in [5, 5.41) is 6.10. The van der Waals surface area contributed by atoms with E-state index >= 15 is 0 Å². The van der Waals surface area contributed by atoms with Gasteiger partial charge in [0.2, 0.25) is 0 Å². The quantitative estimate of drug-likeness (QED) is 0.760. The molecule has 1 aliphatic heterocycles. The molecule has 1 aromatic carbocycles. The molecule has 0 spiro atoms. The fourth-order valence-corrected chi connectivity index (χ4v) is 2.37. The van der Waals surface area contributed by atoms with Gasteiger partial charge in [-0.3, -0.25) is 9.59 Å². The zero-order valence-corrected chi connectivity index (χ0v) is 13.9. The average Bonchev–Trinajstić information content (AvgIpc) is 2.59. The van der Waals surface area contributed by atoms with Gasteiger partial charge < -0.3 is 20.1 Å². The molecule has 6 nitrogen and oxygen atoms in total. The van der Waals surface area contributed by atoms with E-state index in [9.17, 15) is 9.59 Å². The molecule has 7 heteroatoms. The number of esters is 1. The Kier molecular flexibility index (Phi) is 8.61. The third-order valence-electron chi connectivity index (χ3n) is 3.60. The number of ether oxygens (including phenoxy) is 2. The predicted molar refractivity (Wildman–Crippen MR) is 88.4 cm³/mol. The van der Waals surface area contributed by atoms with E-state index in [1.165, 1.54) is 7.11 Å². The molecule has 0 radical (unpaired) electrons. The maximum Gasteiger partial charge on any atom is 0.305 e. The topological polar surface area (TPSA) is 76.7 Å². The van der Waals surface area contributed by atoms with Gasteiger partial charge in [-0.2, -0.15) is 0 Å². The van der Waals surface area contributed by atoms with Crippen molar-refractivity contribution in [1.82, 2.24) is 10.6 Å². The molecule has 0 aromatic heterocycles. The molecule has 1 amide bonds. The molecule has 0 bridgehead atoms. The van der Waals surface area contributed by atoms with Crippen molar-refractivity contribution >= 4 is 24.3 Å². The second-order valence-electron chi connectivity index (χ2n) is 5.15. The Morgan fingerprint density at radius 2 is 2.13 bits per heavy atom. The fourth-order valence-electron chi connectivity index (χ4n) is 2.37. The van der Waals surface area contributed by atoms with Gasteiger partial charge in [0.15, 0.2) is 0 Å². The number of morpholine rings is 1. The predicted octanol–water partition coefficient (Wildman–Crippen LogP) is 1.21. The number of carbonyl (C=O) groups excluding carboxylic acids is 2. The summed E-state index contributed by atoms with van der Waals surface area (Å²) in [4.78, 5) is 23.7. The van der Waals surface area contributed by atoms with Crippen LogP contribution in [0.3, 0.4) is 0 Å². The number of rotatable bonds is 6. The maximum atomic E-state index is 12.3. The lowest BCUT2D eigenvalue weighted by Crippen LogP contribution is -2.48. The second-order valence-corrected chi connectivity index (χ2v) is 5.15. The molecule has 1 fully saturated rings. The number of methoxy groups -OCH3 is 1. The molecule has 2 unspecified atom stereocenters. The van der Waals surface area contributed by atoms with E-state index in [2.05, 4.69) is 15.4 Å². The van der Waals surface area contributed by atoms with Crippen LogP contribution in [0.2, 0.25) is 0 Å². The van der Waals surface area contributed by atoms with Crippen molar-refractivity contribution in [3.05, 3.63) is 35.9 Å². The molecule has 2 rings (SSSR count). The van der Waals surface area contributed by atoms with E-state index in [0.717, 1.165) is 12.1 Å². The minimum absolute atomic E-state index is 0. The van der Waals surface area contributed by atoms with Crippen molar-refractivity contribution in [3.63, 3.8) is 0 Å². The standard InChI is InChI=1S/C16H22N2O4.ClH/c1-21-15(19)8-7-13(12-5-3-2-4-6-12)18-16(20)14-11-17-9-10-22-14;/h2-6,13-14,17H,7-11H2,1H3,(H,18,20);1H. The molecular weight excluding hydrogens is 320 g/mol. The highest BCUT2D eigenvalue weighted by molar-refractivity contribution is 5.85. The average molecular weight is 343 g/mol. The third kappa shape index (κ3) is 6.17. The first-order chi connectivity index (χ1) is 10.7. The highest BCUT2D eigenvalue weighted by Crippen LogP contribution is 2.19. The van der Waals surface area contributed by atoms with Crippen LogP contribution in [0.1, 0.15) is 24.4 Å². The van der Waals surface area contributed by atoms with Crippen molar-refractivity contribution in [2.45, 2.75) is 25.0 Å². The first kappa shape index (κ1) is 19.4. The van der Waals surface area contributed by atoms with E-state index in [4.69, 9.17) is 4.74 Å². The minimum Gasteiger partial charge on any atom is -0.469 e. The lowest BCUT2D eigenvalue weighted by molar-refractivity contribution is -0.141. The molecular formula is C16H23ClN2O4. The minimum atomic E-state index is -0.488. The van der Waals surface area contributed by atoms with Gasteiger partial charge in [0.05, 0.1) is 19.8 Å². The fraction of sp³-hybridized carbons (Fsp3) is 0.500. The molecule has 2 N–H and O–H groups in total. The molecule has 128 valence electrons. The summed E-state index contributed by atoms with van der Waals surface area (Å²) in [6.45, 7) is 1.79. The summed E-state index contributed by atoms with van der Waals surface area (Å²) in [5.74, 6) is -0.448. The zero-order valence-electron chi connectivity index (χ0n) is 13.1. The highest BCUT2D eigenvalue weighted by atomic mass is 35.5. The number of benzene rings is 1. The zero-order chi connectivity index (χ0) is 15.8. The lowest BCUT2D eigenvalue weighted by Gasteiger charge is -2.26. The van der Waals surface area contributed by atoms with Crippen LogP contribution in [0.4, 0.5) is 0 Å². The number of hydrogen-bond acceptors (Lipinski definition) is 5. The lowest BCUT2D eigenvalue weighted by atomic mass is 10.0. The molecule has 1 heterocycles. The van der Waals surface area contributed by atoms with Gasteiger partial charge in [-0.25, -0.2) is 0 Å². The molecule has 2 atom stereocenters. The Morgan fingerprint density at radius 1 is 1.39 bits per heavy atom. The Bertz CT molecular complexity index is 492. The van der Waals surface area contributed by atoms with E-state index in [-0.39, 0.29) is 36.7 Å². The van der Waals surface area contributed by atoms with Gasteiger partial charge in [0.25, 0.3) is 5.91 Å². The number of hydrogen-bond donors (Lipinski definition) is 2. The maximum absolute atomic E-state index is 12.3. The Hall–Kier alpha value is -1.63. The third-order valence-corrected chi connectivity index (χ3v) is 3.60.